The van der Waals surface area contributed by atoms with Crippen molar-refractivity contribution >= 4 is 11.6 Å². The van der Waals surface area contributed by atoms with E-state index in [1.54, 1.807) is 12.4 Å². The van der Waals surface area contributed by atoms with Crippen LogP contribution in [0.4, 0.5) is 5.69 Å². The normalized spacial score (nSPS) is 22.5. The average molecular weight is 332 g/mol. The number of anilines is 1. The summed E-state index contributed by atoms with van der Waals surface area (Å²) in [6.45, 7) is 5.19. The fourth-order valence-electron chi connectivity index (χ4n) is 3.38. The Morgan fingerprint density at radius 3 is 2.96 bits per heavy atom. The van der Waals surface area contributed by atoms with Crippen LogP contribution in [0.15, 0.2) is 24.5 Å². The topological polar surface area (TPSA) is 68.7 Å². The van der Waals surface area contributed by atoms with Crippen LogP contribution in [0.1, 0.15) is 25.7 Å². The lowest BCUT2D eigenvalue weighted by Crippen LogP contribution is -2.54. The van der Waals surface area contributed by atoms with E-state index in [0.29, 0.717) is 12.5 Å². The third kappa shape index (κ3) is 5.26. The van der Waals surface area contributed by atoms with Gasteiger partial charge in [0.05, 0.1) is 11.9 Å². The highest BCUT2D eigenvalue weighted by atomic mass is 16.3. The molecule has 1 saturated heterocycles. The van der Waals surface area contributed by atoms with E-state index in [0.717, 1.165) is 44.2 Å². The number of nitrogens with one attached hydrogen (secondary N) is 1. The summed E-state index contributed by atoms with van der Waals surface area (Å²) in [5.74, 6) is 0.908. The minimum Gasteiger partial charge on any atom is -0.396 e. The first-order valence-electron chi connectivity index (χ1n) is 9.01. The van der Waals surface area contributed by atoms with E-state index in [4.69, 9.17) is 0 Å². The van der Waals surface area contributed by atoms with Crippen molar-refractivity contribution in [2.75, 3.05) is 44.6 Å². The van der Waals surface area contributed by atoms with Crippen molar-refractivity contribution in [3.63, 3.8) is 0 Å². The van der Waals surface area contributed by atoms with Crippen molar-refractivity contribution in [3.8, 4) is 0 Å². The maximum absolute atomic E-state index is 12.1. The van der Waals surface area contributed by atoms with Gasteiger partial charge in [-0.15, -0.1) is 0 Å². The Kier molecular flexibility index (Phi) is 6.18. The van der Waals surface area contributed by atoms with Gasteiger partial charge in [0.15, 0.2) is 0 Å². The second-order valence-corrected chi connectivity index (χ2v) is 6.94. The van der Waals surface area contributed by atoms with Crippen LogP contribution in [0.25, 0.3) is 0 Å². The molecule has 2 heterocycles. The molecule has 2 fully saturated rings. The molecule has 1 aliphatic heterocycles. The van der Waals surface area contributed by atoms with E-state index in [1.807, 2.05) is 12.1 Å². The monoisotopic (exact) mass is 332 g/mol. The van der Waals surface area contributed by atoms with Crippen molar-refractivity contribution in [3.05, 3.63) is 24.5 Å². The quantitative estimate of drug-likeness (QED) is 0.748. The molecular formula is C18H28N4O2. The third-order valence-corrected chi connectivity index (χ3v) is 4.94. The molecule has 0 radical (unpaired) electrons. The molecule has 0 unspecified atom stereocenters. The predicted octanol–water partition coefficient (Wildman–Crippen LogP) is 1.19. The minimum absolute atomic E-state index is 0.0297. The number of nitrogens with zero attached hydrogens (tertiary/aromatic N) is 3. The van der Waals surface area contributed by atoms with Crippen LogP contribution in [-0.2, 0) is 4.79 Å². The highest BCUT2D eigenvalue weighted by Crippen LogP contribution is 2.31. The zero-order valence-electron chi connectivity index (χ0n) is 14.2. The van der Waals surface area contributed by atoms with E-state index in [1.165, 1.54) is 19.4 Å². The highest BCUT2D eigenvalue weighted by Gasteiger charge is 2.31. The number of carbonyl (C=O) groups excluding carboxylic acids is 1. The predicted molar refractivity (Wildman–Crippen MR) is 93.7 cm³/mol. The summed E-state index contributed by atoms with van der Waals surface area (Å²) in [6, 6.07) is 4.08. The molecule has 6 nitrogen and oxygen atoms in total. The first-order valence-corrected chi connectivity index (χ1v) is 9.01. The summed E-state index contributed by atoms with van der Waals surface area (Å²) in [6.07, 6.45) is 7.39. The smallest absolute Gasteiger partial charge is 0.225 e. The van der Waals surface area contributed by atoms with Gasteiger partial charge in [0.2, 0.25) is 5.91 Å². The van der Waals surface area contributed by atoms with Gasteiger partial charge in [-0.2, -0.15) is 0 Å². The molecule has 6 heteroatoms. The first-order chi connectivity index (χ1) is 11.7. The zero-order chi connectivity index (χ0) is 16.8. The number of pyridine rings is 1. The maximum Gasteiger partial charge on any atom is 0.225 e. The van der Waals surface area contributed by atoms with E-state index in [2.05, 4.69) is 20.1 Å². The minimum atomic E-state index is 0.0297. The molecule has 1 atom stereocenters. The zero-order valence-corrected chi connectivity index (χ0v) is 14.2. The van der Waals surface area contributed by atoms with Crippen LogP contribution < -0.4 is 5.32 Å². The number of amides is 1. The Morgan fingerprint density at radius 1 is 1.38 bits per heavy atom. The molecule has 1 aromatic heterocycles. The van der Waals surface area contributed by atoms with E-state index in [9.17, 15) is 9.90 Å². The molecule has 2 aliphatic rings. The van der Waals surface area contributed by atoms with Gasteiger partial charge in [-0.05, 0) is 37.3 Å². The SMILES string of the molecule is O=C(CCN1CCN(CC2CC2)[C@H](CCO)C1)Nc1cccnc1. The van der Waals surface area contributed by atoms with Crippen molar-refractivity contribution in [1.29, 1.82) is 0 Å². The van der Waals surface area contributed by atoms with Crippen LogP contribution in [0, 0.1) is 5.92 Å². The number of hydrogen-bond donors (Lipinski definition) is 2. The average Bonchev–Trinajstić information content (AvgIpc) is 3.40. The van der Waals surface area contributed by atoms with E-state index < -0.39 is 0 Å². The van der Waals surface area contributed by atoms with Gasteiger partial charge in [-0.3, -0.25) is 19.6 Å². The molecule has 0 spiro atoms. The van der Waals surface area contributed by atoms with Crippen molar-refractivity contribution in [1.82, 2.24) is 14.8 Å². The van der Waals surface area contributed by atoms with Crippen molar-refractivity contribution in [2.45, 2.75) is 31.7 Å². The van der Waals surface area contributed by atoms with Crippen molar-refractivity contribution in [2.24, 2.45) is 5.92 Å². The summed E-state index contributed by atoms with van der Waals surface area (Å²) < 4.78 is 0. The fraction of sp³-hybridized carbons (Fsp3) is 0.667. The van der Waals surface area contributed by atoms with Crippen LogP contribution in [0.2, 0.25) is 0 Å². The number of aromatic nitrogens is 1. The van der Waals surface area contributed by atoms with Crippen LogP contribution in [0.5, 0.6) is 0 Å². The summed E-state index contributed by atoms with van der Waals surface area (Å²) in [5, 5.41) is 12.2. The van der Waals surface area contributed by atoms with Crippen LogP contribution in [0.3, 0.4) is 0 Å². The lowest BCUT2D eigenvalue weighted by Gasteiger charge is -2.41. The molecule has 2 N–H and O–H groups in total. The standard InChI is InChI=1S/C18H28N4O2/c23-11-6-17-14-21(9-10-22(17)13-15-3-4-15)8-5-18(24)20-16-2-1-7-19-12-16/h1-2,7,12,15,17,23H,3-6,8-11,13-14H2,(H,20,24)/t17-/m1/s1. The fourth-order valence-corrected chi connectivity index (χ4v) is 3.38. The van der Waals surface area contributed by atoms with E-state index >= 15 is 0 Å². The Morgan fingerprint density at radius 2 is 2.25 bits per heavy atom. The molecule has 1 aromatic rings. The first kappa shape index (κ1) is 17.3. The van der Waals surface area contributed by atoms with Gasteiger partial charge in [-0.25, -0.2) is 0 Å². The third-order valence-electron chi connectivity index (χ3n) is 4.94. The number of piperazine rings is 1. The number of hydrogen-bond acceptors (Lipinski definition) is 5. The Labute approximate surface area is 143 Å². The molecule has 0 aromatic carbocycles. The van der Waals surface area contributed by atoms with Crippen LogP contribution >= 0.6 is 0 Å². The molecule has 24 heavy (non-hydrogen) atoms. The molecular weight excluding hydrogens is 304 g/mol. The van der Waals surface area contributed by atoms with Gasteiger partial charge >= 0.3 is 0 Å². The lowest BCUT2D eigenvalue weighted by molar-refractivity contribution is -0.116. The van der Waals surface area contributed by atoms with E-state index in [-0.39, 0.29) is 12.5 Å². The van der Waals surface area contributed by atoms with Crippen LogP contribution in [-0.4, -0.2) is 71.2 Å². The van der Waals surface area contributed by atoms with Gasteiger partial charge in [0.1, 0.15) is 0 Å². The largest absolute Gasteiger partial charge is 0.396 e. The Balaban J connectivity index is 1.42. The number of rotatable bonds is 8. The van der Waals surface area contributed by atoms with Crippen molar-refractivity contribution < 1.29 is 9.90 Å². The molecule has 3 rings (SSSR count). The summed E-state index contributed by atoms with van der Waals surface area (Å²) >= 11 is 0. The van der Waals surface area contributed by atoms with Gasteiger partial charge in [0, 0.05) is 58.0 Å². The number of aliphatic hydroxyl groups is 1. The number of aliphatic hydroxyl groups excluding tert-OH is 1. The summed E-state index contributed by atoms with van der Waals surface area (Å²) in [5.41, 5.74) is 0.745. The van der Waals surface area contributed by atoms with Gasteiger partial charge < -0.3 is 10.4 Å². The Bertz CT molecular complexity index is 521. The molecule has 1 amide bonds. The highest BCUT2D eigenvalue weighted by molar-refractivity contribution is 5.90. The summed E-state index contributed by atoms with van der Waals surface area (Å²) in [7, 11) is 0. The molecule has 132 valence electrons. The molecule has 1 aliphatic carbocycles. The van der Waals surface area contributed by atoms with Gasteiger partial charge in [0.25, 0.3) is 0 Å². The molecule has 1 saturated carbocycles. The maximum atomic E-state index is 12.1. The number of carbonyl (C=O) groups is 1. The Hall–Kier alpha value is -1.50. The van der Waals surface area contributed by atoms with Gasteiger partial charge in [-0.1, -0.05) is 0 Å². The summed E-state index contributed by atoms with van der Waals surface area (Å²) in [4.78, 5) is 21.0. The second kappa shape index (κ2) is 8.55. The second-order valence-electron chi connectivity index (χ2n) is 6.94. The molecule has 0 bridgehead atoms. The lowest BCUT2D eigenvalue weighted by atomic mass is 10.1.